The second kappa shape index (κ2) is 9.92. The van der Waals surface area contributed by atoms with Crippen LogP contribution in [-0.2, 0) is 19.9 Å². The van der Waals surface area contributed by atoms with E-state index in [0.29, 0.717) is 0 Å². The van der Waals surface area contributed by atoms with Gasteiger partial charge in [-0.15, -0.1) is 12.4 Å². The summed E-state index contributed by atoms with van der Waals surface area (Å²) in [4.78, 5) is 12.5. The number of ether oxygens (including phenoxy) is 1. The zero-order chi connectivity index (χ0) is 20.9. The van der Waals surface area contributed by atoms with Crippen LogP contribution in [0.15, 0.2) is 47.4 Å². The van der Waals surface area contributed by atoms with Gasteiger partial charge in [-0.3, -0.25) is 9.52 Å². The summed E-state index contributed by atoms with van der Waals surface area (Å²) in [6, 6.07) is 10.1. The van der Waals surface area contributed by atoms with Crippen LogP contribution in [0, 0.1) is 0 Å². The molecule has 29 heavy (non-hydrogen) atoms. The van der Waals surface area contributed by atoms with E-state index in [-0.39, 0.29) is 53.1 Å². The van der Waals surface area contributed by atoms with Gasteiger partial charge >= 0.3 is 0 Å². The molecule has 4 N–H and O–H groups in total. The summed E-state index contributed by atoms with van der Waals surface area (Å²) >= 11 is 0. The molecule has 0 saturated carbocycles. The number of halogens is 1. The van der Waals surface area contributed by atoms with Gasteiger partial charge in [-0.25, -0.2) is 16.8 Å². The second-order valence-electron chi connectivity index (χ2n) is 5.94. The second-order valence-corrected chi connectivity index (χ2v) is 9.68. The molecule has 0 aliphatic heterocycles. The van der Waals surface area contributed by atoms with Gasteiger partial charge in [0.1, 0.15) is 12.4 Å². The van der Waals surface area contributed by atoms with Crippen molar-refractivity contribution in [1.82, 2.24) is 0 Å². The highest BCUT2D eigenvalue weighted by Crippen LogP contribution is 2.29. The molecule has 0 heterocycles. The van der Waals surface area contributed by atoms with Crippen LogP contribution in [-0.4, -0.2) is 48.4 Å². The molecule has 2 aromatic carbocycles. The van der Waals surface area contributed by atoms with Crippen molar-refractivity contribution >= 4 is 49.5 Å². The predicted octanol–water partition coefficient (Wildman–Crippen LogP) is 1.47. The number of nitrogens with one attached hydrogen (secondary N) is 2. The average Bonchev–Trinajstić information content (AvgIpc) is 2.59. The predicted molar refractivity (Wildman–Crippen MR) is 114 cm³/mol. The third kappa shape index (κ3) is 7.20. The molecule has 0 spiro atoms. The smallest absolute Gasteiger partial charge is 0.256 e. The molecule has 1 amide bonds. The number of amides is 1. The Morgan fingerprint density at radius 3 is 2.31 bits per heavy atom. The number of sulfonamides is 1. The number of carbonyl (C=O) groups excluding carboxylic acids is 1. The standard InChI is InChI=1S/C17H21N3O6S2.ClH/c1-27(22,23)16-6-4-3-5-13(16)17(21)19-12-7-8-15(26-10-9-18)14(11-12)20-28(2,24)25;/h3-8,11,20H,9-10,18H2,1-2H3,(H,19,21);1H. The van der Waals surface area contributed by atoms with E-state index in [4.69, 9.17) is 10.5 Å². The third-order valence-electron chi connectivity index (χ3n) is 3.44. The Balaban J connectivity index is 0.00000420. The van der Waals surface area contributed by atoms with Gasteiger partial charge < -0.3 is 15.8 Å². The Kier molecular flexibility index (Phi) is 8.45. The number of hydrogen-bond donors (Lipinski definition) is 3. The van der Waals surface area contributed by atoms with E-state index in [2.05, 4.69) is 10.0 Å². The van der Waals surface area contributed by atoms with Gasteiger partial charge in [0.25, 0.3) is 5.91 Å². The fourth-order valence-electron chi connectivity index (χ4n) is 2.36. The number of rotatable bonds is 8. The number of hydrogen-bond acceptors (Lipinski definition) is 7. The van der Waals surface area contributed by atoms with Gasteiger partial charge in [0, 0.05) is 18.5 Å². The van der Waals surface area contributed by atoms with Crippen LogP contribution in [0.1, 0.15) is 10.4 Å². The fraction of sp³-hybridized carbons (Fsp3) is 0.235. The summed E-state index contributed by atoms with van der Waals surface area (Å²) < 4.78 is 54.7. The van der Waals surface area contributed by atoms with Crippen molar-refractivity contribution in [1.29, 1.82) is 0 Å². The van der Waals surface area contributed by atoms with Crippen LogP contribution < -0.4 is 20.5 Å². The molecule has 0 unspecified atom stereocenters. The summed E-state index contributed by atoms with van der Waals surface area (Å²) in [5, 5.41) is 2.56. The van der Waals surface area contributed by atoms with Crippen LogP contribution in [0.5, 0.6) is 5.75 Å². The first-order chi connectivity index (χ1) is 13.0. The van der Waals surface area contributed by atoms with Crippen molar-refractivity contribution in [3.63, 3.8) is 0 Å². The Labute approximate surface area is 176 Å². The van der Waals surface area contributed by atoms with E-state index in [0.717, 1.165) is 12.5 Å². The minimum Gasteiger partial charge on any atom is -0.490 e. The minimum atomic E-state index is -3.60. The molecule has 0 aliphatic carbocycles. The van der Waals surface area contributed by atoms with Crippen molar-refractivity contribution in [3.05, 3.63) is 48.0 Å². The molecule has 160 valence electrons. The SMILES string of the molecule is CS(=O)(=O)Nc1cc(NC(=O)c2ccccc2S(C)(=O)=O)ccc1OCCN.Cl. The van der Waals surface area contributed by atoms with Crippen molar-refractivity contribution in [2.24, 2.45) is 5.73 Å². The van der Waals surface area contributed by atoms with Crippen LogP contribution in [0.4, 0.5) is 11.4 Å². The van der Waals surface area contributed by atoms with E-state index in [9.17, 15) is 21.6 Å². The first kappa shape index (κ1) is 24.7. The first-order valence-corrected chi connectivity index (χ1v) is 11.8. The highest BCUT2D eigenvalue weighted by molar-refractivity contribution is 7.92. The number of nitrogens with two attached hydrogens (primary N) is 1. The van der Waals surface area contributed by atoms with Gasteiger partial charge in [0.05, 0.1) is 22.4 Å². The first-order valence-electron chi connectivity index (χ1n) is 8.06. The largest absolute Gasteiger partial charge is 0.490 e. The highest BCUT2D eigenvalue weighted by atomic mass is 35.5. The quantitative estimate of drug-likeness (QED) is 0.537. The van der Waals surface area contributed by atoms with Gasteiger partial charge in [-0.05, 0) is 30.3 Å². The maximum absolute atomic E-state index is 12.6. The lowest BCUT2D eigenvalue weighted by atomic mass is 10.2. The lowest BCUT2D eigenvalue weighted by Gasteiger charge is -2.14. The van der Waals surface area contributed by atoms with Crippen molar-refractivity contribution in [2.45, 2.75) is 4.90 Å². The molecule has 0 saturated heterocycles. The molecule has 2 aromatic rings. The van der Waals surface area contributed by atoms with Gasteiger partial charge in [0.2, 0.25) is 10.0 Å². The molecule has 9 nitrogen and oxygen atoms in total. The number of sulfone groups is 1. The molecule has 0 atom stereocenters. The van der Waals surface area contributed by atoms with Crippen LogP contribution >= 0.6 is 12.4 Å². The van der Waals surface area contributed by atoms with Crippen LogP contribution in [0.25, 0.3) is 0 Å². The number of benzene rings is 2. The molecular weight excluding hydrogens is 442 g/mol. The Bertz CT molecular complexity index is 1090. The van der Waals surface area contributed by atoms with Crippen molar-refractivity contribution in [3.8, 4) is 5.75 Å². The Morgan fingerprint density at radius 1 is 1.07 bits per heavy atom. The van der Waals surface area contributed by atoms with Crippen LogP contribution in [0.3, 0.4) is 0 Å². The molecule has 0 aliphatic rings. The van der Waals surface area contributed by atoms with E-state index in [1.807, 2.05) is 0 Å². The third-order valence-corrected chi connectivity index (χ3v) is 5.19. The van der Waals surface area contributed by atoms with E-state index in [1.165, 1.54) is 36.4 Å². The molecule has 2 rings (SSSR count). The fourth-order valence-corrected chi connectivity index (χ4v) is 3.80. The summed E-state index contributed by atoms with van der Waals surface area (Å²) in [6.45, 7) is 0.408. The zero-order valence-electron chi connectivity index (χ0n) is 15.7. The van der Waals surface area contributed by atoms with Gasteiger partial charge in [-0.2, -0.15) is 0 Å². The van der Waals surface area contributed by atoms with E-state index >= 15 is 0 Å². The normalized spacial score (nSPS) is 11.3. The maximum atomic E-state index is 12.6. The van der Waals surface area contributed by atoms with E-state index < -0.39 is 25.8 Å². The average molecular weight is 464 g/mol. The van der Waals surface area contributed by atoms with Crippen LogP contribution in [0.2, 0.25) is 0 Å². The highest BCUT2D eigenvalue weighted by Gasteiger charge is 2.19. The van der Waals surface area contributed by atoms with Crippen molar-refractivity contribution < 1.29 is 26.4 Å². The Hall–Kier alpha value is -2.34. The van der Waals surface area contributed by atoms with Crippen molar-refractivity contribution in [2.75, 3.05) is 35.7 Å². The van der Waals surface area contributed by atoms with Gasteiger partial charge in [-0.1, -0.05) is 12.1 Å². The van der Waals surface area contributed by atoms with E-state index in [1.54, 1.807) is 6.07 Å². The van der Waals surface area contributed by atoms with Gasteiger partial charge in [0.15, 0.2) is 9.84 Å². The summed E-state index contributed by atoms with van der Waals surface area (Å²) in [5.74, 6) is -0.410. The summed E-state index contributed by atoms with van der Waals surface area (Å²) in [5.41, 5.74) is 5.74. The molecule has 0 radical (unpaired) electrons. The summed E-state index contributed by atoms with van der Waals surface area (Å²) in [6.07, 6.45) is 1.99. The zero-order valence-corrected chi connectivity index (χ0v) is 18.2. The number of carbonyl (C=O) groups is 1. The molecule has 0 aromatic heterocycles. The summed E-state index contributed by atoms with van der Waals surface area (Å²) in [7, 11) is -7.21. The lowest BCUT2D eigenvalue weighted by molar-refractivity contribution is 0.102. The maximum Gasteiger partial charge on any atom is 0.256 e. The Morgan fingerprint density at radius 2 is 1.72 bits per heavy atom. The topological polar surface area (TPSA) is 145 Å². The lowest BCUT2D eigenvalue weighted by Crippen LogP contribution is -2.17. The number of anilines is 2. The monoisotopic (exact) mass is 463 g/mol. The minimum absolute atomic E-state index is 0. The molecule has 0 bridgehead atoms. The molecule has 0 fully saturated rings. The molecule has 12 heteroatoms. The molecular formula is C17H22ClN3O6S2.